The van der Waals surface area contributed by atoms with Crippen LogP contribution in [0.3, 0.4) is 0 Å². The van der Waals surface area contributed by atoms with E-state index in [1.54, 1.807) is 4.90 Å². The van der Waals surface area contributed by atoms with E-state index in [1.807, 2.05) is 0 Å². The SMILES string of the molecule is CC1CCN(C(=O)CCOCC(F)(F)F)C1CBr. The Morgan fingerprint density at radius 2 is 2.17 bits per heavy atom. The van der Waals surface area contributed by atoms with E-state index in [-0.39, 0.29) is 25.0 Å². The maximum atomic E-state index is 11.8. The molecule has 1 amide bonds. The summed E-state index contributed by atoms with van der Waals surface area (Å²) >= 11 is 3.36. The van der Waals surface area contributed by atoms with Gasteiger partial charge in [-0.05, 0) is 12.3 Å². The van der Waals surface area contributed by atoms with E-state index in [0.29, 0.717) is 17.8 Å². The summed E-state index contributed by atoms with van der Waals surface area (Å²) in [6.45, 7) is 1.27. The van der Waals surface area contributed by atoms with Crippen molar-refractivity contribution >= 4 is 21.8 Å². The van der Waals surface area contributed by atoms with Gasteiger partial charge in [-0.15, -0.1) is 0 Å². The maximum Gasteiger partial charge on any atom is 0.411 e. The van der Waals surface area contributed by atoms with Crippen LogP contribution >= 0.6 is 15.9 Å². The summed E-state index contributed by atoms with van der Waals surface area (Å²) in [5.74, 6) is 0.287. The molecule has 106 valence electrons. The minimum Gasteiger partial charge on any atom is -0.372 e. The number of hydrogen-bond acceptors (Lipinski definition) is 2. The molecular weight excluding hydrogens is 315 g/mol. The molecule has 0 aromatic carbocycles. The lowest BCUT2D eigenvalue weighted by Gasteiger charge is -2.25. The topological polar surface area (TPSA) is 29.5 Å². The number of hydrogen-bond donors (Lipinski definition) is 0. The fraction of sp³-hybridized carbons (Fsp3) is 0.909. The van der Waals surface area contributed by atoms with Crippen LogP contribution in [0.25, 0.3) is 0 Å². The number of carbonyl (C=O) groups excluding carboxylic acids is 1. The molecular formula is C11H17BrF3NO2. The van der Waals surface area contributed by atoms with Gasteiger partial charge in [0, 0.05) is 17.9 Å². The van der Waals surface area contributed by atoms with Crippen molar-refractivity contribution < 1.29 is 22.7 Å². The standard InChI is InChI=1S/C11H17BrF3NO2/c1-8-2-4-16(9(8)6-12)10(17)3-5-18-7-11(13,14)15/h8-9H,2-7H2,1H3. The van der Waals surface area contributed by atoms with E-state index in [9.17, 15) is 18.0 Å². The molecule has 7 heteroatoms. The largest absolute Gasteiger partial charge is 0.411 e. The van der Waals surface area contributed by atoms with Gasteiger partial charge in [0.25, 0.3) is 0 Å². The molecule has 18 heavy (non-hydrogen) atoms. The third kappa shape index (κ3) is 4.76. The van der Waals surface area contributed by atoms with E-state index in [1.165, 1.54) is 0 Å². The zero-order valence-electron chi connectivity index (χ0n) is 10.2. The predicted molar refractivity (Wildman–Crippen MR) is 64.6 cm³/mol. The molecule has 0 N–H and O–H groups in total. The molecule has 0 bridgehead atoms. The summed E-state index contributed by atoms with van der Waals surface area (Å²) in [5.41, 5.74) is 0. The fourth-order valence-corrected chi connectivity index (χ4v) is 3.03. The van der Waals surface area contributed by atoms with Crippen LogP contribution in [-0.2, 0) is 9.53 Å². The molecule has 2 unspecified atom stereocenters. The second-order valence-electron chi connectivity index (χ2n) is 4.49. The molecule has 0 radical (unpaired) electrons. The molecule has 3 nitrogen and oxygen atoms in total. The highest BCUT2D eigenvalue weighted by atomic mass is 79.9. The van der Waals surface area contributed by atoms with Gasteiger partial charge in [0.1, 0.15) is 6.61 Å². The summed E-state index contributed by atoms with van der Waals surface area (Å²) in [6, 6.07) is 0.139. The van der Waals surface area contributed by atoms with Crippen molar-refractivity contribution in [3.63, 3.8) is 0 Å². The second-order valence-corrected chi connectivity index (χ2v) is 5.14. The van der Waals surface area contributed by atoms with Crippen molar-refractivity contribution in [3.05, 3.63) is 0 Å². The first kappa shape index (κ1) is 15.8. The van der Waals surface area contributed by atoms with Gasteiger partial charge in [0.15, 0.2) is 0 Å². The Morgan fingerprint density at radius 1 is 1.50 bits per heavy atom. The van der Waals surface area contributed by atoms with Gasteiger partial charge in [0.2, 0.25) is 5.91 Å². The van der Waals surface area contributed by atoms with Gasteiger partial charge < -0.3 is 9.64 Å². The van der Waals surface area contributed by atoms with Crippen molar-refractivity contribution in [1.29, 1.82) is 0 Å². The number of carbonyl (C=O) groups is 1. The van der Waals surface area contributed by atoms with E-state index >= 15 is 0 Å². The third-order valence-corrected chi connectivity index (χ3v) is 3.75. The summed E-state index contributed by atoms with van der Waals surface area (Å²) in [7, 11) is 0. The van der Waals surface area contributed by atoms with Gasteiger partial charge in [0.05, 0.1) is 13.0 Å². The Bertz CT molecular complexity index is 286. The first-order valence-corrected chi connectivity index (χ1v) is 6.97. The molecule has 2 atom stereocenters. The lowest BCUT2D eigenvalue weighted by atomic mass is 10.1. The van der Waals surface area contributed by atoms with Crippen LogP contribution in [0.1, 0.15) is 19.8 Å². The summed E-state index contributed by atoms with van der Waals surface area (Å²) < 4.78 is 39.9. The predicted octanol–water partition coefficient (Wildman–Crippen LogP) is 2.59. The Labute approximate surface area is 113 Å². The molecule has 1 aliphatic rings. The Hall–Kier alpha value is -0.300. The van der Waals surface area contributed by atoms with Crippen molar-refractivity contribution in [2.75, 3.05) is 25.1 Å². The zero-order chi connectivity index (χ0) is 13.8. The van der Waals surface area contributed by atoms with Gasteiger partial charge in [-0.3, -0.25) is 4.79 Å². The Balaban J connectivity index is 2.29. The number of amides is 1. The summed E-state index contributed by atoms with van der Waals surface area (Å²) in [5, 5.41) is 0.698. The molecule has 1 heterocycles. The molecule has 1 fully saturated rings. The third-order valence-electron chi connectivity index (χ3n) is 3.09. The highest BCUT2D eigenvalue weighted by Gasteiger charge is 2.33. The number of halogens is 4. The quantitative estimate of drug-likeness (QED) is 0.572. The van der Waals surface area contributed by atoms with Gasteiger partial charge in [-0.2, -0.15) is 13.2 Å². The molecule has 1 aliphatic heterocycles. The van der Waals surface area contributed by atoms with Crippen molar-refractivity contribution in [2.24, 2.45) is 5.92 Å². The molecule has 0 aromatic rings. The minimum absolute atomic E-state index is 0.00625. The lowest BCUT2D eigenvalue weighted by Crippen LogP contribution is -2.39. The normalized spacial score (nSPS) is 24.6. The smallest absolute Gasteiger partial charge is 0.372 e. The van der Waals surface area contributed by atoms with Crippen molar-refractivity contribution in [2.45, 2.75) is 32.0 Å². The van der Waals surface area contributed by atoms with Crippen LogP contribution in [0.5, 0.6) is 0 Å². The van der Waals surface area contributed by atoms with Gasteiger partial charge in [-0.25, -0.2) is 0 Å². The fourth-order valence-electron chi connectivity index (χ4n) is 2.04. The maximum absolute atomic E-state index is 11.8. The molecule has 1 saturated heterocycles. The monoisotopic (exact) mass is 331 g/mol. The van der Waals surface area contributed by atoms with E-state index in [2.05, 4.69) is 27.6 Å². The van der Waals surface area contributed by atoms with Crippen LogP contribution < -0.4 is 0 Å². The van der Waals surface area contributed by atoms with E-state index in [0.717, 1.165) is 6.42 Å². The van der Waals surface area contributed by atoms with Crippen molar-refractivity contribution in [1.82, 2.24) is 4.90 Å². The Morgan fingerprint density at radius 3 is 2.72 bits per heavy atom. The van der Waals surface area contributed by atoms with Crippen LogP contribution in [0.15, 0.2) is 0 Å². The van der Waals surface area contributed by atoms with E-state index < -0.39 is 12.8 Å². The first-order valence-electron chi connectivity index (χ1n) is 5.85. The van der Waals surface area contributed by atoms with Crippen LogP contribution in [0.2, 0.25) is 0 Å². The number of rotatable bonds is 5. The van der Waals surface area contributed by atoms with Crippen LogP contribution in [0.4, 0.5) is 13.2 Å². The van der Waals surface area contributed by atoms with Gasteiger partial charge >= 0.3 is 6.18 Å². The van der Waals surface area contributed by atoms with Gasteiger partial charge in [-0.1, -0.05) is 22.9 Å². The lowest BCUT2D eigenvalue weighted by molar-refractivity contribution is -0.175. The molecule has 1 rings (SSSR count). The number of likely N-dealkylation sites (tertiary alicyclic amines) is 1. The average molecular weight is 332 g/mol. The molecule has 0 saturated carbocycles. The number of alkyl halides is 4. The highest BCUT2D eigenvalue weighted by Crippen LogP contribution is 2.25. The minimum atomic E-state index is -4.33. The molecule has 0 aliphatic carbocycles. The van der Waals surface area contributed by atoms with Crippen LogP contribution in [-0.4, -0.2) is 48.1 Å². The van der Waals surface area contributed by atoms with Crippen LogP contribution in [0, 0.1) is 5.92 Å². The Kier molecular flexibility index (Phi) is 5.91. The molecule has 0 spiro atoms. The summed E-state index contributed by atoms with van der Waals surface area (Å²) in [4.78, 5) is 13.6. The average Bonchev–Trinajstić information content (AvgIpc) is 2.64. The first-order chi connectivity index (χ1) is 8.35. The highest BCUT2D eigenvalue weighted by molar-refractivity contribution is 9.09. The number of ether oxygens (including phenoxy) is 1. The van der Waals surface area contributed by atoms with E-state index in [4.69, 9.17) is 0 Å². The summed E-state index contributed by atoms with van der Waals surface area (Å²) in [6.07, 6.45) is -3.39. The second kappa shape index (κ2) is 6.75. The molecule has 0 aromatic heterocycles. The van der Waals surface area contributed by atoms with Crippen molar-refractivity contribution in [3.8, 4) is 0 Å². The zero-order valence-corrected chi connectivity index (χ0v) is 11.8. The number of nitrogens with zero attached hydrogens (tertiary/aromatic N) is 1.